The largest absolute Gasteiger partial charge is 0.349 e. The Hall–Kier alpha value is -2.80. The van der Waals surface area contributed by atoms with Gasteiger partial charge in [0.15, 0.2) is 0 Å². The number of unbranched alkanes of at least 4 members (excludes halogenated alkanes) is 2. The molecule has 31 heavy (non-hydrogen) atoms. The highest BCUT2D eigenvalue weighted by atomic mass is 16.2. The number of rotatable bonds is 14. The van der Waals surface area contributed by atoms with Crippen LogP contribution >= 0.6 is 0 Å². The molecule has 0 radical (unpaired) electrons. The molecule has 0 saturated heterocycles. The molecule has 7 nitrogen and oxygen atoms in total. The fourth-order valence-corrected chi connectivity index (χ4v) is 3.10. The van der Waals surface area contributed by atoms with Gasteiger partial charge in [-0.25, -0.2) is 0 Å². The number of aryl methyl sites for hydroxylation is 2. The molecule has 0 fully saturated rings. The highest BCUT2D eigenvalue weighted by Gasteiger charge is 2.08. The Kier molecular flexibility index (Phi) is 11.2. The van der Waals surface area contributed by atoms with Crippen molar-refractivity contribution in [2.45, 2.75) is 52.4 Å². The summed E-state index contributed by atoms with van der Waals surface area (Å²) < 4.78 is 0. The predicted molar refractivity (Wildman–Crippen MR) is 123 cm³/mol. The van der Waals surface area contributed by atoms with Crippen molar-refractivity contribution in [1.82, 2.24) is 25.9 Å². The van der Waals surface area contributed by atoms with Crippen LogP contribution in [0.3, 0.4) is 0 Å². The standard InChI is InChI=1S/C24H35N5O2/c1-3-5-7-19-9-11-26-21(17-19)23(30)28-15-13-25-14-16-29-24(31)22-18-20(8-6-4-2)10-12-27-22/h9-12,17-18,25H,3-8,13-16H2,1-2H3,(H,28,30)(H,29,31). The van der Waals surface area contributed by atoms with Crippen LogP contribution in [0.5, 0.6) is 0 Å². The number of carbonyl (C=O) groups is 2. The number of aromatic nitrogens is 2. The molecule has 0 aliphatic rings. The van der Waals surface area contributed by atoms with E-state index >= 15 is 0 Å². The van der Waals surface area contributed by atoms with Crippen molar-refractivity contribution < 1.29 is 9.59 Å². The first-order chi connectivity index (χ1) is 15.1. The van der Waals surface area contributed by atoms with E-state index < -0.39 is 0 Å². The average Bonchev–Trinajstić information content (AvgIpc) is 2.80. The maximum atomic E-state index is 12.2. The zero-order chi connectivity index (χ0) is 22.3. The molecule has 0 saturated carbocycles. The van der Waals surface area contributed by atoms with E-state index in [4.69, 9.17) is 0 Å². The van der Waals surface area contributed by atoms with Gasteiger partial charge in [-0.15, -0.1) is 0 Å². The summed E-state index contributed by atoms with van der Waals surface area (Å²) >= 11 is 0. The van der Waals surface area contributed by atoms with E-state index in [0.717, 1.165) is 49.7 Å². The van der Waals surface area contributed by atoms with Crippen molar-refractivity contribution in [3.8, 4) is 0 Å². The Morgan fingerprint density at radius 1 is 0.742 bits per heavy atom. The fraction of sp³-hybridized carbons (Fsp3) is 0.500. The maximum Gasteiger partial charge on any atom is 0.269 e. The van der Waals surface area contributed by atoms with E-state index in [-0.39, 0.29) is 11.8 Å². The van der Waals surface area contributed by atoms with Crippen LogP contribution in [0.15, 0.2) is 36.7 Å². The highest BCUT2D eigenvalue weighted by Crippen LogP contribution is 2.07. The van der Waals surface area contributed by atoms with Gasteiger partial charge in [0.25, 0.3) is 11.8 Å². The third-order valence-electron chi connectivity index (χ3n) is 4.93. The van der Waals surface area contributed by atoms with Gasteiger partial charge in [0, 0.05) is 38.6 Å². The molecule has 168 valence electrons. The van der Waals surface area contributed by atoms with Gasteiger partial charge in [-0.2, -0.15) is 0 Å². The van der Waals surface area contributed by atoms with E-state index in [2.05, 4.69) is 39.8 Å². The van der Waals surface area contributed by atoms with Crippen molar-refractivity contribution in [1.29, 1.82) is 0 Å². The highest BCUT2D eigenvalue weighted by molar-refractivity contribution is 5.92. The van der Waals surface area contributed by atoms with Crippen LogP contribution in [0.4, 0.5) is 0 Å². The van der Waals surface area contributed by atoms with Crippen LogP contribution in [0.25, 0.3) is 0 Å². The van der Waals surface area contributed by atoms with Gasteiger partial charge >= 0.3 is 0 Å². The first-order valence-electron chi connectivity index (χ1n) is 11.3. The van der Waals surface area contributed by atoms with E-state index in [1.54, 1.807) is 12.4 Å². The lowest BCUT2D eigenvalue weighted by atomic mass is 10.1. The molecule has 2 aromatic heterocycles. The number of pyridine rings is 2. The second kappa shape index (κ2) is 14.2. The van der Waals surface area contributed by atoms with Crippen LogP contribution in [-0.2, 0) is 12.8 Å². The third kappa shape index (κ3) is 9.26. The Morgan fingerprint density at radius 3 is 1.61 bits per heavy atom. The minimum atomic E-state index is -0.164. The molecular formula is C24H35N5O2. The Morgan fingerprint density at radius 2 is 1.19 bits per heavy atom. The van der Waals surface area contributed by atoms with Crippen molar-refractivity contribution in [2.75, 3.05) is 26.2 Å². The van der Waals surface area contributed by atoms with E-state index in [1.165, 1.54) is 0 Å². The third-order valence-corrected chi connectivity index (χ3v) is 4.93. The number of nitrogens with one attached hydrogen (secondary N) is 3. The summed E-state index contributed by atoms with van der Waals surface area (Å²) in [5.41, 5.74) is 3.19. The minimum absolute atomic E-state index is 0.164. The van der Waals surface area contributed by atoms with Gasteiger partial charge in [-0.1, -0.05) is 26.7 Å². The number of hydrogen-bond acceptors (Lipinski definition) is 5. The SMILES string of the molecule is CCCCc1ccnc(C(=O)NCCNCCNC(=O)c2cc(CCCC)ccn2)c1. The van der Waals surface area contributed by atoms with Crippen LogP contribution in [0, 0.1) is 0 Å². The summed E-state index contributed by atoms with van der Waals surface area (Å²) in [7, 11) is 0. The van der Waals surface area contributed by atoms with Gasteiger partial charge in [-0.05, 0) is 61.1 Å². The average molecular weight is 426 g/mol. The number of carbonyl (C=O) groups excluding carboxylic acids is 2. The molecule has 0 bridgehead atoms. The summed E-state index contributed by atoms with van der Waals surface area (Å²) in [5, 5.41) is 8.95. The lowest BCUT2D eigenvalue weighted by Gasteiger charge is -2.09. The molecule has 0 unspecified atom stereocenters. The van der Waals surface area contributed by atoms with Gasteiger partial charge < -0.3 is 16.0 Å². The molecule has 7 heteroatoms. The normalized spacial score (nSPS) is 10.6. The van der Waals surface area contributed by atoms with Crippen LogP contribution in [-0.4, -0.2) is 48.0 Å². The van der Waals surface area contributed by atoms with Crippen LogP contribution < -0.4 is 16.0 Å². The zero-order valence-electron chi connectivity index (χ0n) is 18.7. The molecule has 0 aromatic carbocycles. The Bertz CT molecular complexity index is 758. The van der Waals surface area contributed by atoms with Crippen molar-refractivity contribution in [2.24, 2.45) is 0 Å². The summed E-state index contributed by atoms with van der Waals surface area (Å²) in [5.74, 6) is -0.329. The van der Waals surface area contributed by atoms with Crippen molar-refractivity contribution in [3.63, 3.8) is 0 Å². The Balaban J connectivity index is 1.61. The lowest BCUT2D eigenvalue weighted by molar-refractivity contribution is 0.0943. The van der Waals surface area contributed by atoms with Gasteiger partial charge in [-0.3, -0.25) is 19.6 Å². The Labute approximate surface area is 185 Å². The zero-order valence-corrected chi connectivity index (χ0v) is 18.7. The summed E-state index contributed by atoms with van der Waals surface area (Å²) in [6, 6.07) is 7.64. The maximum absolute atomic E-state index is 12.2. The van der Waals surface area contributed by atoms with Gasteiger partial charge in [0.05, 0.1) is 0 Å². The van der Waals surface area contributed by atoms with Gasteiger partial charge in [0.2, 0.25) is 0 Å². The molecule has 2 heterocycles. The monoisotopic (exact) mass is 425 g/mol. The lowest BCUT2D eigenvalue weighted by Crippen LogP contribution is -2.36. The first kappa shape index (κ1) is 24.5. The second-order valence-corrected chi connectivity index (χ2v) is 7.57. The topological polar surface area (TPSA) is 96.0 Å². The molecule has 0 aliphatic heterocycles. The number of nitrogens with zero attached hydrogens (tertiary/aromatic N) is 2. The summed E-state index contributed by atoms with van der Waals surface area (Å²) in [4.78, 5) is 32.8. The molecule has 2 aromatic rings. The minimum Gasteiger partial charge on any atom is -0.349 e. The molecule has 0 atom stereocenters. The van der Waals surface area contributed by atoms with Gasteiger partial charge in [0.1, 0.15) is 11.4 Å². The first-order valence-corrected chi connectivity index (χ1v) is 11.3. The molecule has 3 N–H and O–H groups in total. The quantitative estimate of drug-likeness (QED) is 0.405. The number of hydrogen-bond donors (Lipinski definition) is 3. The predicted octanol–water partition coefficient (Wildman–Crippen LogP) is 2.91. The number of amides is 2. The van der Waals surface area contributed by atoms with Crippen LogP contribution in [0.2, 0.25) is 0 Å². The molecular weight excluding hydrogens is 390 g/mol. The molecule has 0 spiro atoms. The second-order valence-electron chi connectivity index (χ2n) is 7.57. The van der Waals surface area contributed by atoms with E-state index in [9.17, 15) is 9.59 Å². The molecule has 2 amide bonds. The van der Waals surface area contributed by atoms with E-state index in [1.807, 2.05) is 24.3 Å². The van der Waals surface area contributed by atoms with Crippen molar-refractivity contribution in [3.05, 3.63) is 59.2 Å². The van der Waals surface area contributed by atoms with Crippen LogP contribution in [0.1, 0.15) is 71.6 Å². The van der Waals surface area contributed by atoms with Crippen molar-refractivity contribution >= 4 is 11.8 Å². The van der Waals surface area contributed by atoms with E-state index in [0.29, 0.717) is 37.6 Å². The summed E-state index contributed by atoms with van der Waals surface area (Å²) in [6.45, 7) is 6.51. The molecule has 0 aliphatic carbocycles. The smallest absolute Gasteiger partial charge is 0.269 e. The molecule has 2 rings (SSSR count). The fourth-order valence-electron chi connectivity index (χ4n) is 3.10. The summed E-state index contributed by atoms with van der Waals surface area (Å²) in [6.07, 6.45) is 9.76.